The van der Waals surface area contributed by atoms with Crippen LogP contribution in [0.2, 0.25) is 0 Å². The molecule has 5 heteroatoms. The lowest BCUT2D eigenvalue weighted by molar-refractivity contribution is 0.0741. The minimum Gasteiger partial charge on any atom is -0.472 e. The normalized spacial score (nSPS) is 18.3. The van der Waals surface area contributed by atoms with Crippen LogP contribution in [0.3, 0.4) is 0 Å². The van der Waals surface area contributed by atoms with Gasteiger partial charge >= 0.3 is 0 Å². The van der Waals surface area contributed by atoms with Gasteiger partial charge in [-0.3, -0.25) is 0 Å². The topological polar surface area (TPSA) is 25.4 Å². The van der Waals surface area contributed by atoms with Crippen molar-refractivity contribution in [2.75, 3.05) is 13.1 Å². The summed E-state index contributed by atoms with van der Waals surface area (Å²) in [6.07, 6.45) is 1.98. The van der Waals surface area contributed by atoms with Crippen LogP contribution < -0.4 is 4.74 Å². The van der Waals surface area contributed by atoms with E-state index in [4.69, 9.17) is 16.5 Å². The van der Waals surface area contributed by atoms with Crippen LogP contribution in [0.25, 0.3) is 0 Å². The minimum absolute atomic E-state index is 0.199. The Labute approximate surface area is 95.3 Å². The van der Waals surface area contributed by atoms with Gasteiger partial charge in [0.15, 0.2) is 0 Å². The molecule has 0 N–H and O–H groups in total. The molecule has 2 rings (SSSR count). The van der Waals surface area contributed by atoms with Gasteiger partial charge in [-0.2, -0.15) is 0 Å². The van der Waals surface area contributed by atoms with Crippen molar-refractivity contribution in [2.24, 2.45) is 0 Å². The first kappa shape index (κ1) is 9.48. The third-order valence-electron chi connectivity index (χ3n) is 1.79. The quantitative estimate of drug-likeness (QED) is 0.616. The van der Waals surface area contributed by atoms with Gasteiger partial charge in [-0.15, -0.1) is 0 Å². The van der Waals surface area contributed by atoms with Crippen molar-refractivity contribution in [3.63, 3.8) is 0 Å². The van der Waals surface area contributed by atoms with E-state index in [0.29, 0.717) is 5.88 Å². The fourth-order valence-electron chi connectivity index (χ4n) is 1.07. The fourth-order valence-corrected chi connectivity index (χ4v) is 1.69. The average Bonchev–Trinajstić information content (AvgIpc) is 2.06. The molecule has 2 heterocycles. The van der Waals surface area contributed by atoms with Crippen LogP contribution in [0.15, 0.2) is 18.3 Å². The fraction of sp³-hybridized carbons (Fsp3) is 0.375. The lowest BCUT2D eigenvalue weighted by atomic mass is 10.2. The van der Waals surface area contributed by atoms with Gasteiger partial charge in [0.05, 0.1) is 13.1 Å². The summed E-state index contributed by atoms with van der Waals surface area (Å²) < 4.78 is 8.34. The minimum atomic E-state index is 0.199. The van der Waals surface area contributed by atoms with Gasteiger partial charge in [0.25, 0.3) is 0 Å². The third-order valence-corrected chi connectivity index (χ3v) is 2.71. The summed E-state index contributed by atoms with van der Waals surface area (Å²) in [6, 6.07) is 3.85. The number of ether oxygens (including phenoxy) is 1. The van der Waals surface area contributed by atoms with E-state index in [0.717, 1.165) is 16.7 Å². The van der Waals surface area contributed by atoms with Gasteiger partial charge < -0.3 is 4.74 Å². The van der Waals surface area contributed by atoms with E-state index in [1.165, 1.54) is 0 Å². The Balaban J connectivity index is 1.91. The van der Waals surface area contributed by atoms with Gasteiger partial charge in [-0.1, -0.05) is 0 Å². The van der Waals surface area contributed by atoms with Crippen LogP contribution in [0.1, 0.15) is 0 Å². The van der Waals surface area contributed by atoms with E-state index in [2.05, 4.69) is 27.6 Å². The second-order valence-electron chi connectivity index (χ2n) is 2.88. The van der Waals surface area contributed by atoms with Crippen molar-refractivity contribution in [1.29, 1.82) is 0 Å². The number of aromatic nitrogens is 1. The highest BCUT2D eigenvalue weighted by molar-refractivity contribution is 14.1. The van der Waals surface area contributed by atoms with Crippen molar-refractivity contribution in [3.05, 3.63) is 21.9 Å². The zero-order valence-corrected chi connectivity index (χ0v) is 9.70. The summed E-state index contributed by atoms with van der Waals surface area (Å²) in [5.74, 6) is 0.676. The van der Waals surface area contributed by atoms with Crippen LogP contribution in [-0.4, -0.2) is 28.6 Å². The van der Waals surface area contributed by atoms with Crippen molar-refractivity contribution >= 4 is 34.4 Å². The molecule has 0 atom stereocenters. The second-order valence-corrected chi connectivity index (χ2v) is 4.61. The maximum Gasteiger partial charge on any atom is 0.213 e. The maximum atomic E-state index is 5.67. The predicted molar refractivity (Wildman–Crippen MR) is 58.8 cm³/mol. The molecule has 1 aliphatic rings. The summed E-state index contributed by atoms with van der Waals surface area (Å²) in [5, 5.41) is 0. The van der Waals surface area contributed by atoms with Gasteiger partial charge in [0.1, 0.15) is 6.10 Å². The first-order chi connectivity index (χ1) is 6.24. The first-order valence-electron chi connectivity index (χ1n) is 3.93. The molecule has 0 saturated carbocycles. The molecule has 0 spiro atoms. The van der Waals surface area contributed by atoms with E-state index >= 15 is 0 Å². The molecule has 3 nitrogen and oxygen atoms in total. The largest absolute Gasteiger partial charge is 0.472 e. The van der Waals surface area contributed by atoms with Crippen molar-refractivity contribution in [3.8, 4) is 5.88 Å². The molecule has 1 aromatic rings. The van der Waals surface area contributed by atoms with Crippen LogP contribution in [0.5, 0.6) is 5.88 Å². The molecular formula is C8H8ClIN2O. The predicted octanol–water partition coefficient (Wildman–Crippen LogP) is 1.90. The highest BCUT2D eigenvalue weighted by atomic mass is 127. The van der Waals surface area contributed by atoms with Crippen LogP contribution >= 0.6 is 34.4 Å². The Kier molecular flexibility index (Phi) is 2.90. The zero-order chi connectivity index (χ0) is 9.26. The SMILES string of the molecule is ClN1CC(Oc2ccc(I)cn2)C1. The van der Waals surface area contributed by atoms with Gasteiger partial charge in [-0.25, -0.2) is 9.40 Å². The summed E-state index contributed by atoms with van der Waals surface area (Å²) >= 11 is 7.88. The van der Waals surface area contributed by atoms with Crippen molar-refractivity contribution in [1.82, 2.24) is 9.40 Å². The van der Waals surface area contributed by atoms with Crippen LogP contribution in [-0.2, 0) is 0 Å². The number of pyridine rings is 1. The molecule has 1 aliphatic heterocycles. The smallest absolute Gasteiger partial charge is 0.213 e. The molecule has 13 heavy (non-hydrogen) atoms. The first-order valence-corrected chi connectivity index (χ1v) is 5.34. The Bertz CT molecular complexity index is 287. The van der Waals surface area contributed by atoms with Gasteiger partial charge in [0, 0.05) is 15.8 Å². The summed E-state index contributed by atoms with van der Waals surface area (Å²) in [7, 11) is 0. The maximum absolute atomic E-state index is 5.67. The standard InChI is InChI=1S/C8H8ClIN2O/c9-12-4-7(5-12)13-8-2-1-6(10)3-11-8/h1-3,7H,4-5H2. The molecule has 0 unspecified atom stereocenters. The van der Waals surface area contributed by atoms with E-state index in [-0.39, 0.29) is 6.10 Å². The molecule has 0 amide bonds. The number of rotatable bonds is 2. The number of hydrogen-bond acceptors (Lipinski definition) is 3. The summed E-state index contributed by atoms with van der Waals surface area (Å²) in [4.78, 5) is 4.13. The Morgan fingerprint density at radius 3 is 2.85 bits per heavy atom. The van der Waals surface area contributed by atoms with Crippen LogP contribution in [0, 0.1) is 3.57 Å². The molecule has 70 valence electrons. The molecular weight excluding hydrogens is 302 g/mol. The van der Waals surface area contributed by atoms with E-state index in [1.807, 2.05) is 12.1 Å². The van der Waals surface area contributed by atoms with E-state index in [1.54, 1.807) is 10.6 Å². The monoisotopic (exact) mass is 310 g/mol. The molecule has 1 fully saturated rings. The number of halogens is 2. The van der Waals surface area contributed by atoms with Crippen molar-refractivity contribution < 1.29 is 4.74 Å². The molecule has 0 bridgehead atoms. The third kappa shape index (κ3) is 2.45. The molecule has 1 aromatic heterocycles. The molecule has 0 aromatic carbocycles. The molecule has 0 aliphatic carbocycles. The van der Waals surface area contributed by atoms with Crippen LogP contribution in [0.4, 0.5) is 0 Å². The molecule has 0 radical (unpaired) electrons. The van der Waals surface area contributed by atoms with E-state index in [9.17, 15) is 0 Å². The Hall–Kier alpha value is -0.0700. The summed E-state index contributed by atoms with van der Waals surface area (Å²) in [6.45, 7) is 1.55. The number of hydrogen-bond donors (Lipinski definition) is 0. The Morgan fingerprint density at radius 2 is 2.31 bits per heavy atom. The Morgan fingerprint density at radius 1 is 1.54 bits per heavy atom. The zero-order valence-electron chi connectivity index (χ0n) is 6.78. The molecule has 1 saturated heterocycles. The lowest BCUT2D eigenvalue weighted by Crippen LogP contribution is -2.48. The van der Waals surface area contributed by atoms with E-state index < -0.39 is 0 Å². The second kappa shape index (κ2) is 3.98. The van der Waals surface area contributed by atoms with Gasteiger partial charge in [-0.05, 0) is 40.4 Å². The van der Waals surface area contributed by atoms with Gasteiger partial charge in [0.2, 0.25) is 5.88 Å². The number of nitrogens with zero attached hydrogens (tertiary/aromatic N) is 2. The average molecular weight is 311 g/mol. The van der Waals surface area contributed by atoms with Crippen molar-refractivity contribution in [2.45, 2.75) is 6.10 Å². The lowest BCUT2D eigenvalue weighted by Gasteiger charge is -2.32. The highest BCUT2D eigenvalue weighted by Crippen LogP contribution is 2.17. The highest BCUT2D eigenvalue weighted by Gasteiger charge is 2.27. The summed E-state index contributed by atoms with van der Waals surface area (Å²) in [5.41, 5.74) is 0.